The zero-order valence-electron chi connectivity index (χ0n) is 11.8. The van der Waals surface area contributed by atoms with E-state index >= 15 is 0 Å². The predicted molar refractivity (Wildman–Crippen MR) is 89.0 cm³/mol. The Morgan fingerprint density at radius 3 is 2.71 bits per heavy atom. The van der Waals surface area contributed by atoms with Crippen LogP contribution in [0.2, 0.25) is 5.02 Å². The van der Waals surface area contributed by atoms with Crippen molar-refractivity contribution in [1.82, 2.24) is 5.32 Å². The molecular weight excluding hydrogens is 309 g/mol. The quantitative estimate of drug-likeness (QED) is 0.711. The van der Waals surface area contributed by atoms with Crippen molar-refractivity contribution in [3.05, 3.63) is 47.2 Å². The van der Waals surface area contributed by atoms with Crippen molar-refractivity contribution in [1.29, 1.82) is 0 Å². The van der Waals surface area contributed by atoms with Crippen LogP contribution in [0, 0.1) is 0 Å². The Balaban J connectivity index is 0.00000220. The molecule has 1 aromatic heterocycles. The van der Waals surface area contributed by atoms with Gasteiger partial charge < -0.3 is 14.8 Å². The van der Waals surface area contributed by atoms with E-state index in [1.165, 1.54) is 0 Å². The molecule has 0 spiro atoms. The summed E-state index contributed by atoms with van der Waals surface area (Å²) in [6.45, 7) is 1.94. The van der Waals surface area contributed by atoms with E-state index in [2.05, 4.69) is 5.32 Å². The monoisotopic (exact) mass is 329 g/mol. The zero-order chi connectivity index (χ0) is 14.2. The normalized spacial score (nSPS) is 10.4. The summed E-state index contributed by atoms with van der Waals surface area (Å²) in [5.74, 6) is 1.76. The van der Waals surface area contributed by atoms with Gasteiger partial charge in [-0.1, -0.05) is 23.7 Å². The first-order valence-corrected chi connectivity index (χ1v) is 7.33. The molecule has 0 amide bonds. The Kier molecular flexibility index (Phi) is 8.47. The summed E-state index contributed by atoms with van der Waals surface area (Å²) >= 11 is 5.97. The average Bonchev–Trinajstić information content (AvgIpc) is 2.91. The molecule has 0 saturated carbocycles. The number of rotatable bonds is 8. The van der Waals surface area contributed by atoms with E-state index in [1.54, 1.807) is 0 Å². The van der Waals surface area contributed by atoms with E-state index in [0.717, 1.165) is 49.4 Å². The number of furan rings is 1. The van der Waals surface area contributed by atoms with Gasteiger partial charge in [0.25, 0.3) is 0 Å². The maximum atomic E-state index is 8.69. The van der Waals surface area contributed by atoms with Crippen molar-refractivity contribution < 1.29 is 9.52 Å². The minimum absolute atomic E-state index is 0. The molecule has 2 N–H and O–H groups in total. The highest BCUT2D eigenvalue weighted by Gasteiger charge is 2.04. The standard InChI is InChI=1S/C16H20ClNO2.ClH/c17-14-6-4-5-13(11-14)16-8-7-15(20-16)12-18-9-2-1-3-10-19;/h4-8,11,18-19H,1-3,9-10,12H2;1H. The highest BCUT2D eigenvalue weighted by atomic mass is 35.5. The van der Waals surface area contributed by atoms with E-state index < -0.39 is 0 Å². The van der Waals surface area contributed by atoms with Crippen molar-refractivity contribution in [3.8, 4) is 11.3 Å². The van der Waals surface area contributed by atoms with Crippen molar-refractivity contribution in [2.75, 3.05) is 13.2 Å². The number of hydrogen-bond acceptors (Lipinski definition) is 3. The predicted octanol–water partition coefficient (Wildman–Crippen LogP) is 4.27. The highest BCUT2D eigenvalue weighted by Crippen LogP contribution is 2.24. The van der Waals surface area contributed by atoms with Gasteiger partial charge in [0, 0.05) is 17.2 Å². The molecule has 21 heavy (non-hydrogen) atoms. The number of nitrogens with one attached hydrogen (secondary N) is 1. The summed E-state index contributed by atoms with van der Waals surface area (Å²) in [5, 5.41) is 12.7. The molecule has 1 aromatic carbocycles. The molecule has 5 heteroatoms. The van der Waals surface area contributed by atoms with Crippen LogP contribution in [0.3, 0.4) is 0 Å². The molecule has 2 rings (SSSR count). The number of halogens is 2. The van der Waals surface area contributed by atoms with Crippen LogP contribution in [0.15, 0.2) is 40.8 Å². The second-order valence-corrected chi connectivity index (χ2v) is 5.17. The molecule has 0 radical (unpaired) electrons. The number of aliphatic hydroxyl groups excluding tert-OH is 1. The minimum Gasteiger partial charge on any atom is -0.460 e. The van der Waals surface area contributed by atoms with Gasteiger partial charge in [-0.15, -0.1) is 12.4 Å². The third-order valence-corrected chi connectivity index (χ3v) is 3.32. The third kappa shape index (κ3) is 6.10. The number of aliphatic hydroxyl groups is 1. The minimum atomic E-state index is 0. The Hall–Kier alpha value is -1.00. The Bertz CT molecular complexity index is 529. The second kappa shape index (κ2) is 9.85. The maximum Gasteiger partial charge on any atom is 0.134 e. The fourth-order valence-electron chi connectivity index (χ4n) is 2.02. The molecule has 0 unspecified atom stereocenters. The molecule has 0 aliphatic heterocycles. The Labute approximate surface area is 136 Å². The van der Waals surface area contributed by atoms with Gasteiger partial charge in [-0.2, -0.15) is 0 Å². The number of hydrogen-bond donors (Lipinski definition) is 2. The number of unbranched alkanes of at least 4 members (excludes halogenated alkanes) is 2. The first-order valence-electron chi connectivity index (χ1n) is 6.96. The summed E-state index contributed by atoms with van der Waals surface area (Å²) in [5.41, 5.74) is 0.992. The van der Waals surface area contributed by atoms with Gasteiger partial charge in [0.05, 0.1) is 6.54 Å². The molecule has 0 aliphatic carbocycles. The van der Waals surface area contributed by atoms with Crippen molar-refractivity contribution >= 4 is 24.0 Å². The molecule has 0 atom stereocenters. The largest absolute Gasteiger partial charge is 0.460 e. The fraction of sp³-hybridized carbons (Fsp3) is 0.375. The van der Waals surface area contributed by atoms with E-state index in [9.17, 15) is 0 Å². The second-order valence-electron chi connectivity index (χ2n) is 4.74. The lowest BCUT2D eigenvalue weighted by molar-refractivity contribution is 0.282. The van der Waals surface area contributed by atoms with E-state index in [-0.39, 0.29) is 19.0 Å². The van der Waals surface area contributed by atoms with Crippen LogP contribution in [-0.4, -0.2) is 18.3 Å². The summed E-state index contributed by atoms with van der Waals surface area (Å²) in [4.78, 5) is 0. The maximum absolute atomic E-state index is 8.69. The molecule has 1 heterocycles. The molecule has 2 aromatic rings. The molecule has 116 valence electrons. The van der Waals surface area contributed by atoms with Gasteiger partial charge in [0.1, 0.15) is 11.5 Å². The average molecular weight is 330 g/mol. The molecule has 0 fully saturated rings. The Morgan fingerprint density at radius 2 is 1.95 bits per heavy atom. The summed E-state index contributed by atoms with van der Waals surface area (Å²) in [6.07, 6.45) is 3.00. The zero-order valence-corrected chi connectivity index (χ0v) is 13.4. The first kappa shape index (κ1) is 18.1. The van der Waals surface area contributed by atoms with Crippen molar-refractivity contribution in [2.45, 2.75) is 25.8 Å². The molecular formula is C16H21Cl2NO2. The lowest BCUT2D eigenvalue weighted by Crippen LogP contribution is -2.14. The van der Waals surface area contributed by atoms with Gasteiger partial charge in [0.2, 0.25) is 0 Å². The lowest BCUT2D eigenvalue weighted by Gasteiger charge is -2.02. The van der Waals surface area contributed by atoms with Crippen LogP contribution in [0.25, 0.3) is 11.3 Å². The molecule has 0 aliphatic rings. The van der Waals surface area contributed by atoms with E-state index in [4.69, 9.17) is 21.1 Å². The van der Waals surface area contributed by atoms with Crippen molar-refractivity contribution in [2.24, 2.45) is 0 Å². The first-order chi connectivity index (χ1) is 9.79. The van der Waals surface area contributed by atoms with Crippen molar-refractivity contribution in [3.63, 3.8) is 0 Å². The van der Waals surface area contributed by atoms with Crippen LogP contribution >= 0.6 is 24.0 Å². The van der Waals surface area contributed by atoms with Gasteiger partial charge in [-0.05, 0) is 50.1 Å². The topological polar surface area (TPSA) is 45.4 Å². The number of benzene rings is 1. The Morgan fingerprint density at radius 1 is 1.10 bits per heavy atom. The van der Waals surface area contributed by atoms with Gasteiger partial charge in [-0.25, -0.2) is 0 Å². The molecule has 0 saturated heterocycles. The van der Waals surface area contributed by atoms with Crippen LogP contribution in [-0.2, 0) is 6.54 Å². The fourth-order valence-corrected chi connectivity index (χ4v) is 2.21. The van der Waals surface area contributed by atoms with E-state index in [0.29, 0.717) is 5.02 Å². The van der Waals surface area contributed by atoms with Gasteiger partial charge in [0.15, 0.2) is 0 Å². The van der Waals surface area contributed by atoms with Crippen LogP contribution in [0.4, 0.5) is 0 Å². The van der Waals surface area contributed by atoms with Crippen LogP contribution < -0.4 is 5.32 Å². The summed E-state index contributed by atoms with van der Waals surface area (Å²) in [7, 11) is 0. The third-order valence-electron chi connectivity index (χ3n) is 3.08. The van der Waals surface area contributed by atoms with Crippen LogP contribution in [0.1, 0.15) is 25.0 Å². The molecule has 3 nitrogen and oxygen atoms in total. The summed E-state index contributed by atoms with van der Waals surface area (Å²) < 4.78 is 5.79. The van der Waals surface area contributed by atoms with Gasteiger partial charge >= 0.3 is 0 Å². The summed E-state index contributed by atoms with van der Waals surface area (Å²) in [6, 6.07) is 11.6. The lowest BCUT2D eigenvalue weighted by atomic mass is 10.2. The molecule has 0 bridgehead atoms. The van der Waals surface area contributed by atoms with E-state index in [1.807, 2.05) is 36.4 Å². The highest BCUT2D eigenvalue weighted by molar-refractivity contribution is 6.30. The van der Waals surface area contributed by atoms with Gasteiger partial charge in [-0.3, -0.25) is 0 Å². The smallest absolute Gasteiger partial charge is 0.134 e. The van der Waals surface area contributed by atoms with Crippen LogP contribution in [0.5, 0.6) is 0 Å². The SMILES string of the molecule is Cl.OCCCCCNCc1ccc(-c2cccc(Cl)c2)o1.